The molecule has 1 rings (SSSR count). The number of aromatic nitrogens is 3. The van der Waals surface area contributed by atoms with Crippen molar-refractivity contribution in [2.24, 2.45) is 0 Å². The number of carbonyl (C=O) groups excluding carboxylic acids is 1. The SMILES string of the molecule is CSCCC(C)NC(=O)c1n[nH]c(C(C)(C)C)n1. The molecule has 0 spiro atoms. The first-order valence-corrected chi connectivity index (χ1v) is 7.46. The van der Waals surface area contributed by atoms with Gasteiger partial charge in [0.2, 0.25) is 5.82 Å². The van der Waals surface area contributed by atoms with E-state index in [-0.39, 0.29) is 23.2 Å². The first-order valence-electron chi connectivity index (χ1n) is 6.07. The lowest BCUT2D eigenvalue weighted by atomic mass is 9.96. The predicted octanol–water partition coefficient (Wildman–Crippen LogP) is 1.97. The number of hydrogen-bond acceptors (Lipinski definition) is 4. The van der Waals surface area contributed by atoms with Gasteiger partial charge in [-0.25, -0.2) is 4.98 Å². The van der Waals surface area contributed by atoms with Crippen LogP contribution in [0, 0.1) is 0 Å². The summed E-state index contributed by atoms with van der Waals surface area (Å²) in [6.07, 6.45) is 3.00. The molecule has 0 aliphatic carbocycles. The van der Waals surface area contributed by atoms with E-state index < -0.39 is 0 Å². The summed E-state index contributed by atoms with van der Waals surface area (Å²) in [5.41, 5.74) is -0.129. The van der Waals surface area contributed by atoms with Crippen molar-refractivity contribution >= 4 is 17.7 Å². The largest absolute Gasteiger partial charge is 0.347 e. The van der Waals surface area contributed by atoms with E-state index in [2.05, 4.69) is 26.8 Å². The van der Waals surface area contributed by atoms with Crippen LogP contribution in [-0.2, 0) is 5.41 Å². The Morgan fingerprint density at radius 2 is 2.17 bits per heavy atom. The number of aromatic amines is 1. The maximum atomic E-state index is 11.9. The molecular weight excluding hydrogens is 248 g/mol. The van der Waals surface area contributed by atoms with Crippen LogP contribution in [0.15, 0.2) is 0 Å². The molecule has 6 heteroatoms. The number of H-pyrrole nitrogens is 1. The molecule has 0 saturated heterocycles. The van der Waals surface area contributed by atoms with Crippen molar-refractivity contribution in [3.63, 3.8) is 0 Å². The van der Waals surface area contributed by atoms with Crippen LogP contribution in [0.4, 0.5) is 0 Å². The average molecular weight is 270 g/mol. The van der Waals surface area contributed by atoms with Gasteiger partial charge in [-0.05, 0) is 25.4 Å². The van der Waals surface area contributed by atoms with Gasteiger partial charge in [-0.15, -0.1) is 5.10 Å². The summed E-state index contributed by atoms with van der Waals surface area (Å²) in [6.45, 7) is 8.06. The Balaban J connectivity index is 2.59. The Kier molecular flexibility index (Phi) is 5.19. The van der Waals surface area contributed by atoms with E-state index in [1.165, 1.54) is 0 Å². The molecule has 18 heavy (non-hydrogen) atoms. The van der Waals surface area contributed by atoms with Gasteiger partial charge in [0.05, 0.1) is 0 Å². The second-order valence-electron chi connectivity index (χ2n) is 5.41. The topological polar surface area (TPSA) is 70.7 Å². The summed E-state index contributed by atoms with van der Waals surface area (Å²) in [6, 6.07) is 0.140. The van der Waals surface area contributed by atoms with E-state index in [0.29, 0.717) is 0 Å². The first kappa shape index (κ1) is 15.0. The highest BCUT2D eigenvalue weighted by Gasteiger charge is 2.21. The molecule has 0 bridgehead atoms. The van der Waals surface area contributed by atoms with Gasteiger partial charge in [0.1, 0.15) is 5.82 Å². The van der Waals surface area contributed by atoms with Crippen LogP contribution in [0.1, 0.15) is 50.6 Å². The van der Waals surface area contributed by atoms with Gasteiger partial charge in [0, 0.05) is 11.5 Å². The maximum Gasteiger partial charge on any atom is 0.291 e. The molecule has 0 aliphatic heterocycles. The van der Waals surface area contributed by atoms with Gasteiger partial charge in [0.15, 0.2) is 0 Å². The van der Waals surface area contributed by atoms with Crippen LogP contribution in [0.3, 0.4) is 0 Å². The van der Waals surface area contributed by atoms with Crippen molar-refractivity contribution in [3.8, 4) is 0 Å². The second-order valence-corrected chi connectivity index (χ2v) is 6.40. The van der Waals surface area contributed by atoms with Crippen LogP contribution in [-0.4, -0.2) is 39.1 Å². The number of hydrogen-bond donors (Lipinski definition) is 2. The van der Waals surface area contributed by atoms with Crippen molar-refractivity contribution in [1.29, 1.82) is 0 Å². The highest BCUT2D eigenvalue weighted by atomic mass is 32.2. The lowest BCUT2D eigenvalue weighted by Gasteiger charge is -2.13. The summed E-state index contributed by atoms with van der Waals surface area (Å²) < 4.78 is 0. The van der Waals surface area contributed by atoms with Crippen molar-refractivity contribution in [3.05, 3.63) is 11.6 Å². The third-order valence-corrected chi connectivity index (χ3v) is 3.18. The third kappa shape index (κ3) is 4.33. The summed E-state index contributed by atoms with van der Waals surface area (Å²) in [4.78, 5) is 16.1. The molecule has 1 heterocycles. The molecule has 1 amide bonds. The minimum Gasteiger partial charge on any atom is -0.347 e. The van der Waals surface area contributed by atoms with Gasteiger partial charge in [-0.2, -0.15) is 11.8 Å². The maximum absolute atomic E-state index is 11.9. The summed E-state index contributed by atoms with van der Waals surface area (Å²) in [5, 5.41) is 9.68. The van der Waals surface area contributed by atoms with Gasteiger partial charge in [-0.3, -0.25) is 9.89 Å². The van der Waals surface area contributed by atoms with Crippen molar-refractivity contribution in [1.82, 2.24) is 20.5 Å². The monoisotopic (exact) mass is 270 g/mol. The molecule has 0 aliphatic rings. The predicted molar refractivity (Wildman–Crippen MR) is 75.0 cm³/mol. The van der Waals surface area contributed by atoms with Gasteiger partial charge in [0.25, 0.3) is 5.91 Å². The molecule has 102 valence electrons. The molecule has 2 N–H and O–H groups in total. The van der Waals surface area contributed by atoms with Crippen molar-refractivity contribution in [2.75, 3.05) is 12.0 Å². The number of amides is 1. The van der Waals surface area contributed by atoms with E-state index in [1.54, 1.807) is 11.8 Å². The molecular formula is C12H22N4OS. The second kappa shape index (κ2) is 6.22. The quantitative estimate of drug-likeness (QED) is 0.858. The third-order valence-electron chi connectivity index (χ3n) is 2.53. The van der Waals surface area contributed by atoms with Crippen LogP contribution in [0.25, 0.3) is 0 Å². The smallest absolute Gasteiger partial charge is 0.291 e. The number of thioether (sulfide) groups is 1. The highest BCUT2D eigenvalue weighted by molar-refractivity contribution is 7.98. The molecule has 0 aromatic carbocycles. The molecule has 1 aromatic rings. The summed E-state index contributed by atoms with van der Waals surface area (Å²) in [7, 11) is 0. The van der Waals surface area contributed by atoms with Gasteiger partial charge >= 0.3 is 0 Å². The fraction of sp³-hybridized carbons (Fsp3) is 0.750. The Labute approximate surface area is 113 Å². The number of carbonyl (C=O) groups is 1. The van der Waals surface area contributed by atoms with E-state index in [0.717, 1.165) is 18.0 Å². The summed E-state index contributed by atoms with van der Waals surface area (Å²) >= 11 is 1.77. The lowest BCUT2D eigenvalue weighted by Crippen LogP contribution is -2.33. The number of rotatable bonds is 5. The fourth-order valence-electron chi connectivity index (χ4n) is 1.35. The van der Waals surface area contributed by atoms with Crippen molar-refractivity contribution in [2.45, 2.75) is 45.6 Å². The zero-order valence-electron chi connectivity index (χ0n) is 11.7. The normalized spacial score (nSPS) is 13.4. The molecule has 0 radical (unpaired) electrons. The van der Waals surface area contributed by atoms with E-state index in [4.69, 9.17) is 0 Å². The molecule has 1 unspecified atom stereocenters. The average Bonchev–Trinajstić information content (AvgIpc) is 2.75. The minimum atomic E-state index is -0.213. The molecule has 0 fully saturated rings. The molecule has 1 atom stereocenters. The van der Waals surface area contributed by atoms with Crippen LogP contribution < -0.4 is 5.32 Å². The Bertz CT molecular complexity index is 397. The number of nitrogens with one attached hydrogen (secondary N) is 2. The zero-order valence-corrected chi connectivity index (χ0v) is 12.5. The van der Waals surface area contributed by atoms with Gasteiger partial charge < -0.3 is 5.32 Å². The highest BCUT2D eigenvalue weighted by Crippen LogP contribution is 2.17. The molecule has 0 saturated carbocycles. The Morgan fingerprint density at radius 3 is 2.67 bits per heavy atom. The fourth-order valence-corrected chi connectivity index (χ4v) is 1.94. The van der Waals surface area contributed by atoms with Gasteiger partial charge in [-0.1, -0.05) is 20.8 Å². The Hall–Kier alpha value is -1.04. The van der Waals surface area contributed by atoms with Crippen molar-refractivity contribution < 1.29 is 4.79 Å². The minimum absolute atomic E-state index is 0.129. The molecule has 5 nitrogen and oxygen atoms in total. The molecule has 1 aromatic heterocycles. The standard InChI is InChI=1S/C12H22N4OS/c1-8(6-7-18-5)13-10(17)9-14-11(16-15-9)12(2,3)4/h8H,6-7H2,1-5H3,(H,13,17)(H,14,15,16). The van der Waals surface area contributed by atoms with Crippen LogP contribution in [0.5, 0.6) is 0 Å². The number of nitrogens with zero attached hydrogens (tertiary/aromatic N) is 2. The van der Waals surface area contributed by atoms with E-state index >= 15 is 0 Å². The summed E-state index contributed by atoms with van der Waals surface area (Å²) in [5.74, 6) is 1.76. The zero-order chi connectivity index (χ0) is 13.8. The Morgan fingerprint density at radius 1 is 1.50 bits per heavy atom. The van der Waals surface area contributed by atoms with Crippen LogP contribution >= 0.6 is 11.8 Å². The van der Waals surface area contributed by atoms with E-state index in [9.17, 15) is 4.79 Å². The van der Waals surface area contributed by atoms with E-state index in [1.807, 2.05) is 27.7 Å². The van der Waals surface area contributed by atoms with Crippen LogP contribution in [0.2, 0.25) is 0 Å². The first-order chi connectivity index (χ1) is 8.34. The lowest BCUT2D eigenvalue weighted by molar-refractivity contribution is 0.0929.